The second kappa shape index (κ2) is 6.82. The molecule has 0 saturated heterocycles. The van der Waals surface area contributed by atoms with Crippen LogP contribution in [0.4, 0.5) is 0 Å². The summed E-state index contributed by atoms with van der Waals surface area (Å²) in [5.74, 6) is 0. The third kappa shape index (κ3) is 4.13. The molecule has 0 unspecified atom stereocenters. The van der Waals surface area contributed by atoms with Crippen molar-refractivity contribution >= 4 is 37.3 Å². The molecule has 0 amide bonds. The average molecular weight is 375 g/mol. The first kappa shape index (κ1) is 15.7. The SMILES string of the molecule is CNCc1cccc(S(=O)(=O)NCc2cc(Br)cs2)c1. The van der Waals surface area contributed by atoms with E-state index in [1.54, 1.807) is 18.2 Å². The number of sulfonamides is 1. The Hall–Kier alpha value is -0.730. The van der Waals surface area contributed by atoms with Crippen molar-refractivity contribution in [2.75, 3.05) is 7.05 Å². The third-order valence-corrected chi connectivity index (χ3v) is 5.74. The number of rotatable bonds is 6. The Labute approximate surface area is 131 Å². The lowest BCUT2D eigenvalue weighted by molar-refractivity contribution is 0.581. The first-order chi connectivity index (χ1) is 9.51. The molecule has 0 aliphatic carbocycles. The highest BCUT2D eigenvalue weighted by Gasteiger charge is 2.14. The van der Waals surface area contributed by atoms with Gasteiger partial charge >= 0.3 is 0 Å². The third-order valence-electron chi connectivity index (χ3n) is 2.65. The minimum absolute atomic E-state index is 0.292. The van der Waals surface area contributed by atoms with Crippen LogP contribution in [0.3, 0.4) is 0 Å². The standard InChI is InChI=1S/C13H15BrN2O2S2/c1-15-7-10-3-2-4-13(5-10)20(17,18)16-8-12-6-11(14)9-19-12/h2-6,9,15-16H,7-8H2,1H3. The number of hydrogen-bond acceptors (Lipinski definition) is 4. The zero-order valence-electron chi connectivity index (χ0n) is 10.9. The normalized spacial score (nSPS) is 11.7. The Balaban J connectivity index is 2.11. The van der Waals surface area contributed by atoms with Crippen molar-refractivity contribution in [3.8, 4) is 0 Å². The number of nitrogens with one attached hydrogen (secondary N) is 2. The summed E-state index contributed by atoms with van der Waals surface area (Å²) in [7, 11) is -1.65. The Kier molecular flexibility index (Phi) is 5.34. The highest BCUT2D eigenvalue weighted by atomic mass is 79.9. The maximum Gasteiger partial charge on any atom is 0.240 e. The van der Waals surface area contributed by atoms with Crippen LogP contribution in [0.1, 0.15) is 10.4 Å². The molecule has 0 aliphatic heterocycles. The molecule has 4 nitrogen and oxygen atoms in total. The predicted molar refractivity (Wildman–Crippen MR) is 85.3 cm³/mol. The van der Waals surface area contributed by atoms with Gasteiger partial charge in [-0.25, -0.2) is 13.1 Å². The van der Waals surface area contributed by atoms with E-state index in [2.05, 4.69) is 26.0 Å². The van der Waals surface area contributed by atoms with Gasteiger partial charge in [-0.2, -0.15) is 0 Å². The van der Waals surface area contributed by atoms with Crippen LogP contribution in [0.15, 0.2) is 45.1 Å². The molecule has 0 bridgehead atoms. The maximum atomic E-state index is 12.2. The molecule has 2 rings (SSSR count). The predicted octanol–water partition coefficient (Wildman–Crippen LogP) is 2.71. The lowest BCUT2D eigenvalue weighted by Crippen LogP contribution is -2.23. The van der Waals surface area contributed by atoms with Crippen LogP contribution < -0.4 is 10.0 Å². The summed E-state index contributed by atoms with van der Waals surface area (Å²) in [5, 5.41) is 4.93. The van der Waals surface area contributed by atoms with Gasteiger partial charge in [0.15, 0.2) is 0 Å². The van der Waals surface area contributed by atoms with Crippen molar-refractivity contribution in [3.05, 3.63) is 50.6 Å². The Morgan fingerprint density at radius 2 is 2.05 bits per heavy atom. The second-order valence-corrected chi connectivity index (χ2v) is 7.91. The molecular weight excluding hydrogens is 360 g/mol. The summed E-state index contributed by atoms with van der Waals surface area (Å²) < 4.78 is 28.0. The molecule has 2 aromatic rings. The topological polar surface area (TPSA) is 58.2 Å². The van der Waals surface area contributed by atoms with Crippen molar-refractivity contribution in [1.82, 2.24) is 10.0 Å². The van der Waals surface area contributed by atoms with Gasteiger partial charge in [-0.3, -0.25) is 0 Å². The smallest absolute Gasteiger partial charge is 0.240 e. The summed E-state index contributed by atoms with van der Waals surface area (Å²) in [6.45, 7) is 0.941. The molecule has 1 heterocycles. The summed E-state index contributed by atoms with van der Waals surface area (Å²) >= 11 is 4.86. The van der Waals surface area contributed by atoms with Gasteiger partial charge in [0.05, 0.1) is 4.90 Å². The monoisotopic (exact) mass is 374 g/mol. The quantitative estimate of drug-likeness (QED) is 0.816. The number of thiophene rings is 1. The van der Waals surface area contributed by atoms with Crippen LogP contribution in [-0.2, 0) is 23.1 Å². The molecule has 1 aromatic heterocycles. The van der Waals surface area contributed by atoms with Gasteiger partial charge in [-0.15, -0.1) is 11.3 Å². The van der Waals surface area contributed by atoms with E-state index in [-0.39, 0.29) is 0 Å². The summed E-state index contributed by atoms with van der Waals surface area (Å²) in [4.78, 5) is 1.26. The van der Waals surface area contributed by atoms with Crippen molar-refractivity contribution in [2.45, 2.75) is 18.0 Å². The van der Waals surface area contributed by atoms with Gasteiger partial charge in [-0.1, -0.05) is 12.1 Å². The van der Waals surface area contributed by atoms with Crippen LogP contribution in [0.5, 0.6) is 0 Å². The van der Waals surface area contributed by atoms with E-state index >= 15 is 0 Å². The van der Waals surface area contributed by atoms with Crippen LogP contribution >= 0.6 is 27.3 Å². The van der Waals surface area contributed by atoms with E-state index in [4.69, 9.17) is 0 Å². The number of hydrogen-bond donors (Lipinski definition) is 2. The molecule has 108 valence electrons. The van der Waals surface area contributed by atoms with E-state index in [9.17, 15) is 8.42 Å². The Morgan fingerprint density at radius 1 is 1.25 bits per heavy atom. The van der Waals surface area contributed by atoms with Crippen LogP contribution in [0, 0.1) is 0 Å². The highest BCUT2D eigenvalue weighted by molar-refractivity contribution is 9.10. The molecule has 0 saturated carbocycles. The summed E-state index contributed by atoms with van der Waals surface area (Å²) in [6.07, 6.45) is 0. The lowest BCUT2D eigenvalue weighted by atomic mass is 10.2. The van der Waals surface area contributed by atoms with Crippen molar-refractivity contribution < 1.29 is 8.42 Å². The summed E-state index contributed by atoms with van der Waals surface area (Å²) in [5.41, 5.74) is 0.939. The van der Waals surface area contributed by atoms with Crippen molar-refractivity contribution in [1.29, 1.82) is 0 Å². The molecule has 0 aliphatic rings. The van der Waals surface area contributed by atoms with Gasteiger partial charge in [0.2, 0.25) is 10.0 Å². The molecule has 20 heavy (non-hydrogen) atoms. The van der Waals surface area contributed by atoms with E-state index in [1.165, 1.54) is 11.3 Å². The van der Waals surface area contributed by atoms with E-state index in [0.29, 0.717) is 18.0 Å². The maximum absolute atomic E-state index is 12.2. The fraction of sp³-hybridized carbons (Fsp3) is 0.231. The Morgan fingerprint density at radius 3 is 2.70 bits per heavy atom. The molecule has 0 fully saturated rings. The van der Waals surface area contributed by atoms with E-state index < -0.39 is 10.0 Å². The minimum Gasteiger partial charge on any atom is -0.316 e. The number of halogens is 1. The zero-order valence-corrected chi connectivity index (χ0v) is 14.1. The van der Waals surface area contributed by atoms with E-state index in [1.807, 2.05) is 24.6 Å². The summed E-state index contributed by atoms with van der Waals surface area (Å²) in [6, 6.07) is 8.84. The molecule has 1 aromatic carbocycles. The zero-order chi connectivity index (χ0) is 14.6. The highest BCUT2D eigenvalue weighted by Crippen LogP contribution is 2.20. The molecular formula is C13H15BrN2O2S2. The van der Waals surface area contributed by atoms with Crippen LogP contribution in [-0.4, -0.2) is 15.5 Å². The van der Waals surface area contributed by atoms with Gasteiger partial charge in [-0.05, 0) is 46.7 Å². The first-order valence-corrected chi connectivity index (χ1v) is 9.13. The first-order valence-electron chi connectivity index (χ1n) is 5.97. The van der Waals surface area contributed by atoms with Gasteiger partial charge in [0.25, 0.3) is 0 Å². The molecule has 2 N–H and O–H groups in total. The molecule has 0 atom stereocenters. The molecule has 0 spiro atoms. The average Bonchev–Trinajstić information content (AvgIpc) is 2.83. The largest absolute Gasteiger partial charge is 0.316 e. The molecule has 0 radical (unpaired) electrons. The Bertz CT molecular complexity index is 683. The van der Waals surface area contributed by atoms with Crippen molar-refractivity contribution in [2.24, 2.45) is 0 Å². The second-order valence-electron chi connectivity index (χ2n) is 4.23. The molecule has 7 heteroatoms. The van der Waals surface area contributed by atoms with Crippen LogP contribution in [0.25, 0.3) is 0 Å². The van der Waals surface area contributed by atoms with Crippen LogP contribution in [0.2, 0.25) is 0 Å². The minimum atomic E-state index is -3.48. The van der Waals surface area contributed by atoms with E-state index in [0.717, 1.165) is 14.9 Å². The van der Waals surface area contributed by atoms with Gasteiger partial charge in [0.1, 0.15) is 0 Å². The lowest BCUT2D eigenvalue weighted by Gasteiger charge is -2.07. The van der Waals surface area contributed by atoms with Gasteiger partial charge < -0.3 is 5.32 Å². The number of benzene rings is 1. The fourth-order valence-electron chi connectivity index (χ4n) is 1.72. The van der Waals surface area contributed by atoms with Crippen molar-refractivity contribution in [3.63, 3.8) is 0 Å². The fourth-order valence-corrected chi connectivity index (χ4v) is 4.28. The van der Waals surface area contributed by atoms with Gasteiger partial charge in [0, 0.05) is 27.8 Å².